The minimum Gasteiger partial charge on any atom is -0.382 e. The normalized spacial score (nSPS) is 13.5. The monoisotopic (exact) mass is 360 g/mol. The lowest BCUT2D eigenvalue weighted by molar-refractivity contribution is 0.0484. The molecule has 0 spiro atoms. The number of alkyl halides is 1. The second-order valence-electron chi connectivity index (χ2n) is 4.99. The number of nitrogens with two attached hydrogens (primary N) is 1. The number of fused-ring (bicyclic) bond motifs is 1. The molecule has 8 nitrogen and oxygen atoms in total. The minimum absolute atomic E-state index is 0.223. The summed E-state index contributed by atoms with van der Waals surface area (Å²) in [5.74, 6) is 0.339. The second kappa shape index (κ2) is 8.53. The van der Waals surface area contributed by atoms with Crippen LogP contribution >= 0.6 is 7.60 Å². The van der Waals surface area contributed by atoms with Crippen molar-refractivity contribution in [3.63, 3.8) is 0 Å². The fourth-order valence-corrected chi connectivity index (χ4v) is 3.66. The van der Waals surface area contributed by atoms with Gasteiger partial charge < -0.3 is 19.5 Å². The molecule has 2 aromatic rings. The van der Waals surface area contributed by atoms with Crippen LogP contribution in [0, 0.1) is 0 Å². The maximum absolute atomic E-state index is 13.3. The third-order valence-corrected chi connectivity index (χ3v) is 5.06. The Hall–Kier alpha value is -1.54. The smallest absolute Gasteiger partial charge is 0.356 e. The van der Waals surface area contributed by atoms with Gasteiger partial charge in [0.2, 0.25) is 0 Å². The van der Waals surface area contributed by atoms with Crippen LogP contribution < -0.4 is 5.73 Å². The van der Waals surface area contributed by atoms with E-state index in [4.69, 9.17) is 19.5 Å². The van der Waals surface area contributed by atoms with Gasteiger partial charge in [-0.3, -0.25) is 4.57 Å². The highest BCUT2D eigenvalue weighted by Crippen LogP contribution is 2.48. The number of rotatable bonds is 10. The zero-order chi connectivity index (χ0) is 17.6. The summed E-state index contributed by atoms with van der Waals surface area (Å²) in [7, 11) is -3.37. The molecule has 0 amide bonds. The number of hydrogen-bond acceptors (Lipinski definition) is 7. The van der Waals surface area contributed by atoms with Crippen molar-refractivity contribution >= 4 is 18.9 Å². The van der Waals surface area contributed by atoms with E-state index in [1.165, 1.54) is 6.33 Å². The maximum Gasteiger partial charge on any atom is 0.356 e. The Kier molecular flexibility index (Phi) is 6.68. The fourth-order valence-electron chi connectivity index (χ4n) is 2.25. The highest BCUT2D eigenvalue weighted by molar-refractivity contribution is 7.53. The Morgan fingerprint density at radius 2 is 2.04 bits per heavy atom. The predicted molar refractivity (Wildman–Crippen MR) is 87.7 cm³/mol. The molecule has 10 heteroatoms. The van der Waals surface area contributed by atoms with E-state index in [2.05, 4.69) is 10.1 Å². The third kappa shape index (κ3) is 4.51. The van der Waals surface area contributed by atoms with Crippen molar-refractivity contribution < 1.29 is 22.7 Å². The first-order chi connectivity index (χ1) is 11.5. The second-order valence-corrected chi connectivity index (χ2v) is 6.99. The van der Waals surface area contributed by atoms with Gasteiger partial charge in [0.15, 0.2) is 5.82 Å². The van der Waals surface area contributed by atoms with Crippen molar-refractivity contribution in [1.29, 1.82) is 0 Å². The van der Waals surface area contributed by atoms with Crippen molar-refractivity contribution in [2.24, 2.45) is 0 Å². The molecule has 0 aliphatic carbocycles. The summed E-state index contributed by atoms with van der Waals surface area (Å²) in [4.78, 5) is 3.90. The zero-order valence-corrected chi connectivity index (χ0v) is 14.6. The summed E-state index contributed by atoms with van der Waals surface area (Å²) in [6, 6.07) is 3.53. The van der Waals surface area contributed by atoms with Gasteiger partial charge in [-0.15, -0.1) is 0 Å². The van der Waals surface area contributed by atoms with E-state index < -0.39 is 20.4 Å². The van der Waals surface area contributed by atoms with Crippen LogP contribution in [0.4, 0.5) is 10.2 Å². The number of anilines is 1. The Labute approximate surface area is 139 Å². The van der Waals surface area contributed by atoms with E-state index in [-0.39, 0.29) is 26.0 Å². The number of nitrogens with zero attached hydrogens (tertiary/aromatic N) is 3. The average Bonchev–Trinajstić information content (AvgIpc) is 2.96. The van der Waals surface area contributed by atoms with Gasteiger partial charge in [0.05, 0.1) is 19.3 Å². The molecule has 0 radical (unpaired) electrons. The molecule has 0 unspecified atom stereocenters. The van der Waals surface area contributed by atoms with Gasteiger partial charge in [0.25, 0.3) is 0 Å². The summed E-state index contributed by atoms with van der Waals surface area (Å²) in [6.45, 7) is 3.11. The van der Waals surface area contributed by atoms with E-state index in [1.807, 2.05) is 0 Å². The van der Waals surface area contributed by atoms with Gasteiger partial charge >= 0.3 is 7.60 Å². The molecular weight excluding hydrogens is 338 g/mol. The molecule has 0 aliphatic rings. The van der Waals surface area contributed by atoms with E-state index >= 15 is 0 Å². The number of aromatic nitrogens is 3. The first kappa shape index (κ1) is 18.8. The molecule has 2 aromatic heterocycles. The molecule has 0 bridgehead atoms. The van der Waals surface area contributed by atoms with Crippen LogP contribution in [-0.4, -0.2) is 46.9 Å². The van der Waals surface area contributed by atoms with Crippen LogP contribution in [-0.2, 0) is 24.8 Å². The molecule has 2 N–H and O–H groups in total. The summed E-state index contributed by atoms with van der Waals surface area (Å²) >= 11 is 0. The molecule has 2 heterocycles. The summed E-state index contributed by atoms with van der Waals surface area (Å²) in [5.41, 5.74) is 7.12. The largest absolute Gasteiger partial charge is 0.382 e. The summed E-state index contributed by atoms with van der Waals surface area (Å²) in [5, 5.41) is 4.10. The molecule has 0 aliphatic heterocycles. The Bertz CT molecular complexity index is 701. The lowest BCUT2D eigenvalue weighted by Gasteiger charge is -2.20. The standard InChI is InChI=1S/C14H22FN4O4P/c1-3-22-24(20,23-4-2)10-21-12(8-15)7-11-5-6-13-14(16)17-9-18-19(11)13/h5-6,9,12H,3-4,7-8,10H2,1-2H3,(H2,16,17,18)/t12-/m0/s1. The molecule has 2 rings (SSSR count). The van der Waals surface area contributed by atoms with Gasteiger partial charge in [0, 0.05) is 12.1 Å². The molecule has 0 fully saturated rings. The summed E-state index contributed by atoms with van der Waals surface area (Å²) < 4.78 is 43.0. The van der Waals surface area contributed by atoms with Gasteiger partial charge in [-0.05, 0) is 26.0 Å². The lowest BCUT2D eigenvalue weighted by Crippen LogP contribution is -2.21. The van der Waals surface area contributed by atoms with Gasteiger partial charge in [-0.2, -0.15) is 5.10 Å². The lowest BCUT2D eigenvalue weighted by atomic mass is 10.2. The van der Waals surface area contributed by atoms with Crippen molar-refractivity contribution in [1.82, 2.24) is 14.6 Å². The van der Waals surface area contributed by atoms with Crippen LogP contribution in [0.2, 0.25) is 0 Å². The quantitative estimate of drug-likeness (QED) is 0.649. The van der Waals surface area contributed by atoms with E-state index in [0.29, 0.717) is 17.0 Å². The first-order valence-electron chi connectivity index (χ1n) is 7.65. The van der Waals surface area contributed by atoms with E-state index in [1.54, 1.807) is 30.5 Å². The van der Waals surface area contributed by atoms with E-state index in [9.17, 15) is 8.96 Å². The number of nitrogen functional groups attached to an aromatic ring is 1. The van der Waals surface area contributed by atoms with Gasteiger partial charge in [0.1, 0.15) is 24.9 Å². The maximum atomic E-state index is 13.3. The number of halogens is 1. The molecule has 0 saturated heterocycles. The predicted octanol–water partition coefficient (Wildman–Crippen LogP) is 2.43. The molecule has 24 heavy (non-hydrogen) atoms. The highest BCUT2D eigenvalue weighted by Gasteiger charge is 2.26. The number of ether oxygens (including phenoxy) is 1. The van der Waals surface area contributed by atoms with Crippen LogP contribution in [0.3, 0.4) is 0 Å². The van der Waals surface area contributed by atoms with Crippen molar-refractivity contribution in [2.45, 2.75) is 26.4 Å². The van der Waals surface area contributed by atoms with Crippen LogP contribution in [0.15, 0.2) is 18.5 Å². The molecule has 0 aromatic carbocycles. The Morgan fingerprint density at radius 3 is 2.67 bits per heavy atom. The fraction of sp³-hybridized carbons (Fsp3) is 0.571. The SMILES string of the molecule is CCOP(=O)(CO[C@H](CF)Cc1ccc2c(N)ncnn12)OCC. The topological polar surface area (TPSA) is 101 Å². The highest BCUT2D eigenvalue weighted by atomic mass is 31.2. The first-order valence-corrected chi connectivity index (χ1v) is 9.38. The van der Waals surface area contributed by atoms with E-state index in [0.717, 1.165) is 0 Å². The molecule has 0 saturated carbocycles. The average molecular weight is 360 g/mol. The van der Waals surface area contributed by atoms with Crippen molar-refractivity contribution in [2.75, 3.05) is 32.0 Å². The molecule has 1 atom stereocenters. The zero-order valence-electron chi connectivity index (χ0n) is 13.7. The van der Waals surface area contributed by atoms with Crippen LogP contribution in [0.25, 0.3) is 5.52 Å². The molecular formula is C14H22FN4O4P. The van der Waals surface area contributed by atoms with Crippen molar-refractivity contribution in [3.8, 4) is 0 Å². The third-order valence-electron chi connectivity index (χ3n) is 3.29. The van der Waals surface area contributed by atoms with Gasteiger partial charge in [-0.25, -0.2) is 13.9 Å². The Morgan fingerprint density at radius 1 is 1.33 bits per heavy atom. The minimum atomic E-state index is -3.37. The summed E-state index contributed by atoms with van der Waals surface area (Å²) in [6.07, 6.45) is 0.465. The van der Waals surface area contributed by atoms with Crippen LogP contribution in [0.1, 0.15) is 19.5 Å². The Balaban J connectivity index is 2.06. The number of hydrogen-bond donors (Lipinski definition) is 1. The van der Waals surface area contributed by atoms with Crippen molar-refractivity contribution in [3.05, 3.63) is 24.2 Å². The van der Waals surface area contributed by atoms with Gasteiger partial charge in [-0.1, -0.05) is 0 Å². The molecule has 134 valence electrons. The van der Waals surface area contributed by atoms with Crippen LogP contribution in [0.5, 0.6) is 0 Å².